The zero-order valence-electron chi connectivity index (χ0n) is 15.4. The summed E-state index contributed by atoms with van der Waals surface area (Å²) in [6.07, 6.45) is 0. The van der Waals surface area contributed by atoms with E-state index in [-0.39, 0.29) is 46.1 Å². The Labute approximate surface area is 152 Å². The van der Waals surface area contributed by atoms with Gasteiger partial charge in [-0.25, -0.2) is 0 Å². The van der Waals surface area contributed by atoms with Crippen molar-refractivity contribution in [2.24, 2.45) is 0 Å². The van der Waals surface area contributed by atoms with Gasteiger partial charge in [0.15, 0.2) is 0 Å². The van der Waals surface area contributed by atoms with E-state index in [4.69, 9.17) is 0 Å². The van der Waals surface area contributed by atoms with Crippen molar-refractivity contribution in [3.63, 3.8) is 0 Å². The zero-order chi connectivity index (χ0) is 14.3. The van der Waals surface area contributed by atoms with Crippen LogP contribution in [0.3, 0.4) is 0 Å². The monoisotopic (exact) mass is 276 g/mol. The molecule has 0 N–H and O–H groups in total. The molecule has 0 aromatic rings. The molecule has 0 bridgehead atoms. The number of rotatable bonds is 0. The summed E-state index contributed by atoms with van der Waals surface area (Å²) in [5.74, 6) is 5.67. The van der Waals surface area contributed by atoms with E-state index in [9.17, 15) is 0 Å². The standard InChI is InChI=1S/4C4H9.2Mg/c4*1-4(2)3;;/h4*1-3H3;;/q4*-1;2*+2. The first-order chi connectivity index (χ1) is 6.93. The van der Waals surface area contributed by atoms with Crippen molar-refractivity contribution in [2.45, 2.75) is 83.1 Å². The van der Waals surface area contributed by atoms with E-state index in [1.54, 1.807) is 0 Å². The fraction of sp³-hybridized carbons (Fsp3) is 0.750. The average molecular weight is 277 g/mol. The molecule has 0 radical (unpaired) electrons. The molecule has 0 atom stereocenters. The Morgan fingerprint density at radius 2 is 0.278 bits per heavy atom. The predicted octanol–water partition coefficient (Wildman–Crippen LogP) is 5.72. The van der Waals surface area contributed by atoms with Crippen LogP contribution in [0.25, 0.3) is 0 Å². The van der Waals surface area contributed by atoms with Gasteiger partial charge in [0, 0.05) is 0 Å². The maximum absolute atomic E-state index is 2.08. The van der Waals surface area contributed by atoms with Gasteiger partial charge in [0.2, 0.25) is 0 Å². The summed E-state index contributed by atoms with van der Waals surface area (Å²) < 4.78 is 0. The fourth-order valence-electron chi connectivity index (χ4n) is 0. The van der Waals surface area contributed by atoms with Crippen molar-refractivity contribution in [3.8, 4) is 0 Å². The molecule has 0 fully saturated rings. The van der Waals surface area contributed by atoms with Crippen molar-refractivity contribution in [2.75, 3.05) is 0 Å². The SMILES string of the molecule is C[C-](C)C.C[C-](C)C.C[C-](C)C.C[C-](C)C.[Mg+2].[Mg+2]. The summed E-state index contributed by atoms with van der Waals surface area (Å²) in [5, 5.41) is 0. The van der Waals surface area contributed by atoms with Gasteiger partial charge in [-0.05, 0) is 0 Å². The quantitative estimate of drug-likeness (QED) is 0.392. The molecule has 18 heavy (non-hydrogen) atoms. The largest absolute Gasteiger partial charge is 2.00 e. The van der Waals surface area contributed by atoms with Gasteiger partial charge < -0.3 is 23.7 Å². The molecule has 0 saturated carbocycles. The van der Waals surface area contributed by atoms with Crippen molar-refractivity contribution >= 4 is 46.1 Å². The molecule has 0 spiro atoms. The third-order valence-corrected chi connectivity index (χ3v) is 0. The Kier molecular flexibility index (Phi) is 63.3. The van der Waals surface area contributed by atoms with Crippen LogP contribution in [0.1, 0.15) is 83.1 Å². The molecular formula is C16H36Mg2. The molecule has 0 aliphatic carbocycles. The molecule has 0 nitrogen and oxygen atoms in total. The van der Waals surface area contributed by atoms with E-state index in [0.29, 0.717) is 0 Å². The van der Waals surface area contributed by atoms with Gasteiger partial charge >= 0.3 is 46.1 Å². The van der Waals surface area contributed by atoms with Crippen LogP contribution in [-0.2, 0) is 0 Å². The van der Waals surface area contributed by atoms with Gasteiger partial charge in [0.25, 0.3) is 0 Å². The van der Waals surface area contributed by atoms with Crippen molar-refractivity contribution in [1.29, 1.82) is 0 Å². The minimum Gasteiger partial charge on any atom is -0.323 e. The van der Waals surface area contributed by atoms with Gasteiger partial charge in [-0.3, -0.25) is 0 Å². The van der Waals surface area contributed by atoms with Crippen LogP contribution >= 0.6 is 0 Å². The molecule has 0 unspecified atom stereocenters. The molecule has 2 heteroatoms. The van der Waals surface area contributed by atoms with Crippen LogP contribution in [0.4, 0.5) is 0 Å². The van der Waals surface area contributed by atoms with Crippen molar-refractivity contribution < 1.29 is 0 Å². The second-order valence-electron chi connectivity index (χ2n) is 6.00. The summed E-state index contributed by atoms with van der Waals surface area (Å²) >= 11 is 0. The van der Waals surface area contributed by atoms with Gasteiger partial charge in [0.05, 0.1) is 0 Å². The first kappa shape index (κ1) is 36.6. The normalized spacial score (nSPS) is 8.00. The summed E-state index contributed by atoms with van der Waals surface area (Å²) in [4.78, 5) is 0. The average Bonchev–Trinajstić information content (AvgIpc) is 1.76. The van der Waals surface area contributed by atoms with Gasteiger partial charge in [-0.15, -0.1) is 0 Å². The fourth-order valence-corrected chi connectivity index (χ4v) is 0. The molecule has 0 aliphatic heterocycles. The molecule has 104 valence electrons. The summed E-state index contributed by atoms with van der Waals surface area (Å²) in [7, 11) is 0. The molecule has 0 aromatic heterocycles. The Morgan fingerprint density at radius 3 is 0.278 bits per heavy atom. The number of hydrogen-bond acceptors (Lipinski definition) is 0. The minimum absolute atomic E-state index is 0. The number of hydrogen-bond donors (Lipinski definition) is 0. The Hall–Kier alpha value is 1.53. The van der Waals surface area contributed by atoms with Crippen molar-refractivity contribution in [1.82, 2.24) is 0 Å². The maximum Gasteiger partial charge on any atom is 2.00 e. The van der Waals surface area contributed by atoms with Crippen LogP contribution in [-0.4, -0.2) is 46.1 Å². The third-order valence-electron chi connectivity index (χ3n) is 0. The Bertz CT molecular complexity index is 52.1. The third kappa shape index (κ3) is 2040. The summed E-state index contributed by atoms with van der Waals surface area (Å²) in [5.41, 5.74) is 0. The molecular weight excluding hydrogens is 241 g/mol. The van der Waals surface area contributed by atoms with E-state index in [0.717, 1.165) is 0 Å². The molecule has 0 aromatic carbocycles. The van der Waals surface area contributed by atoms with Crippen LogP contribution in [0.15, 0.2) is 0 Å². The molecule has 0 rings (SSSR count). The predicted molar refractivity (Wildman–Crippen MR) is 92.6 cm³/mol. The van der Waals surface area contributed by atoms with E-state index in [1.807, 2.05) is 0 Å². The topological polar surface area (TPSA) is 0 Å². The molecule has 0 heterocycles. The minimum atomic E-state index is 0. The zero-order valence-corrected chi connectivity index (χ0v) is 18.2. The van der Waals surface area contributed by atoms with E-state index in [1.165, 1.54) is 23.7 Å². The van der Waals surface area contributed by atoms with E-state index >= 15 is 0 Å². The van der Waals surface area contributed by atoms with Gasteiger partial charge in [0.1, 0.15) is 0 Å². The Balaban J connectivity index is -0.0000000257. The Morgan fingerprint density at radius 1 is 0.278 bits per heavy atom. The first-order valence-corrected chi connectivity index (χ1v) is 6.00. The van der Waals surface area contributed by atoms with Crippen LogP contribution in [0, 0.1) is 23.7 Å². The molecule has 0 amide bonds. The first-order valence-electron chi connectivity index (χ1n) is 6.00. The maximum atomic E-state index is 2.08. The van der Waals surface area contributed by atoms with Crippen LogP contribution in [0.5, 0.6) is 0 Å². The van der Waals surface area contributed by atoms with Gasteiger partial charge in [-0.1, -0.05) is 0 Å². The summed E-state index contributed by atoms with van der Waals surface area (Å²) in [6.45, 7) is 25.0. The smallest absolute Gasteiger partial charge is 0.323 e. The van der Waals surface area contributed by atoms with Crippen molar-refractivity contribution in [3.05, 3.63) is 23.7 Å². The molecule has 0 aliphatic rings. The second kappa shape index (κ2) is 31.1. The van der Waals surface area contributed by atoms with Crippen LogP contribution < -0.4 is 0 Å². The van der Waals surface area contributed by atoms with E-state index < -0.39 is 0 Å². The van der Waals surface area contributed by atoms with Gasteiger partial charge in [-0.2, -0.15) is 83.1 Å². The molecule has 0 saturated heterocycles. The van der Waals surface area contributed by atoms with E-state index in [2.05, 4.69) is 83.1 Å². The second-order valence-corrected chi connectivity index (χ2v) is 6.00. The summed E-state index contributed by atoms with van der Waals surface area (Å²) in [6, 6.07) is 0. The van der Waals surface area contributed by atoms with Crippen LogP contribution in [0.2, 0.25) is 0 Å².